The number of nitrogens with zero attached hydrogens (tertiary/aromatic N) is 2. The Hall–Kier alpha value is -2.48. The highest BCUT2D eigenvalue weighted by Crippen LogP contribution is 2.26. The summed E-state index contributed by atoms with van der Waals surface area (Å²) in [5, 5.41) is 12.6. The molecule has 0 aliphatic rings. The number of hydroxylamine groups is 1. The van der Waals surface area contributed by atoms with E-state index in [1.54, 1.807) is 19.3 Å². The lowest BCUT2D eigenvalue weighted by Gasteiger charge is -2.13. The molecule has 1 aromatic heterocycles. The van der Waals surface area contributed by atoms with Crippen LogP contribution < -0.4 is 10.2 Å². The van der Waals surface area contributed by atoms with E-state index in [9.17, 15) is 13.6 Å². The molecule has 0 bridgehead atoms. The number of carbonyl (C=O) groups excluding carboxylic acids is 1. The number of hydrogen-bond donors (Lipinski definition) is 2. The molecule has 8 heteroatoms. The van der Waals surface area contributed by atoms with E-state index in [4.69, 9.17) is 9.94 Å². The van der Waals surface area contributed by atoms with Gasteiger partial charge in [-0.1, -0.05) is 12.1 Å². The van der Waals surface area contributed by atoms with E-state index in [1.165, 1.54) is 28.4 Å². The fourth-order valence-corrected chi connectivity index (χ4v) is 1.86. The summed E-state index contributed by atoms with van der Waals surface area (Å²) in [6.07, 6.45) is -1.13. The van der Waals surface area contributed by atoms with Crippen molar-refractivity contribution in [1.29, 1.82) is 0 Å². The summed E-state index contributed by atoms with van der Waals surface area (Å²) in [6.45, 7) is -0.264. The first-order valence-electron chi connectivity index (χ1n) is 5.99. The molecule has 0 aliphatic carbocycles. The van der Waals surface area contributed by atoms with Crippen molar-refractivity contribution in [2.75, 3.05) is 0 Å². The molecule has 2 rings (SSSR count). The topological polar surface area (TPSA) is 76.4 Å². The number of ether oxygens (including phenoxy) is 1. The maximum atomic E-state index is 13.0. The van der Waals surface area contributed by atoms with Crippen LogP contribution in [0, 0.1) is 0 Å². The van der Waals surface area contributed by atoms with Crippen LogP contribution in [-0.4, -0.2) is 20.9 Å². The van der Waals surface area contributed by atoms with Crippen LogP contribution in [0.1, 0.15) is 27.9 Å². The number of rotatable bonds is 5. The highest BCUT2D eigenvalue weighted by Gasteiger charge is 2.20. The van der Waals surface area contributed by atoms with Crippen LogP contribution in [0.25, 0.3) is 0 Å². The molecular weight excluding hydrogens is 284 g/mol. The Labute approximate surface area is 118 Å². The molecule has 0 unspecified atom stereocenters. The summed E-state index contributed by atoms with van der Waals surface area (Å²) >= 11 is 0. The zero-order valence-electron chi connectivity index (χ0n) is 11.1. The van der Waals surface area contributed by atoms with Gasteiger partial charge in [0.2, 0.25) is 5.88 Å². The zero-order valence-corrected chi connectivity index (χ0v) is 11.1. The summed E-state index contributed by atoms with van der Waals surface area (Å²) in [5.74, 6) is -0.631. The molecule has 1 amide bonds. The van der Waals surface area contributed by atoms with Crippen molar-refractivity contribution in [2.45, 2.75) is 13.0 Å². The average molecular weight is 297 g/mol. The molecule has 0 atom stereocenters. The Morgan fingerprint density at radius 1 is 1.48 bits per heavy atom. The van der Waals surface area contributed by atoms with E-state index in [-0.39, 0.29) is 29.2 Å². The third kappa shape index (κ3) is 3.34. The lowest BCUT2D eigenvalue weighted by Crippen LogP contribution is -2.21. The predicted molar refractivity (Wildman–Crippen MR) is 68.2 cm³/mol. The number of aromatic nitrogens is 2. The second-order valence-corrected chi connectivity index (χ2v) is 4.23. The van der Waals surface area contributed by atoms with Crippen molar-refractivity contribution in [3.05, 3.63) is 47.2 Å². The summed E-state index contributed by atoms with van der Waals surface area (Å²) in [4.78, 5) is 11.5. The van der Waals surface area contributed by atoms with Crippen molar-refractivity contribution in [3.63, 3.8) is 0 Å². The minimum atomic E-state index is -2.77. The fourth-order valence-electron chi connectivity index (χ4n) is 1.86. The van der Waals surface area contributed by atoms with E-state index in [2.05, 4.69) is 5.10 Å². The van der Waals surface area contributed by atoms with Crippen LogP contribution in [0.15, 0.2) is 30.5 Å². The van der Waals surface area contributed by atoms with Gasteiger partial charge in [-0.05, 0) is 6.07 Å². The lowest BCUT2D eigenvalue weighted by atomic mass is 10.0. The maximum absolute atomic E-state index is 13.0. The van der Waals surface area contributed by atoms with Gasteiger partial charge in [-0.25, -0.2) is 14.3 Å². The number of amides is 1. The normalized spacial score (nSPS) is 10.7. The fraction of sp³-hybridized carbons (Fsp3) is 0.231. The largest absolute Gasteiger partial charge is 0.472 e. The molecule has 2 aromatic rings. The summed E-state index contributed by atoms with van der Waals surface area (Å²) in [7, 11) is 1.69. The number of halogens is 2. The van der Waals surface area contributed by atoms with Crippen molar-refractivity contribution in [1.82, 2.24) is 15.3 Å². The van der Waals surface area contributed by atoms with Gasteiger partial charge in [-0.15, -0.1) is 5.10 Å². The number of hydrogen-bond acceptors (Lipinski definition) is 4. The van der Waals surface area contributed by atoms with Gasteiger partial charge in [0.25, 0.3) is 12.3 Å². The molecule has 0 saturated heterocycles. The van der Waals surface area contributed by atoms with Crippen molar-refractivity contribution in [3.8, 4) is 5.88 Å². The Kier molecular flexibility index (Phi) is 4.49. The SMILES string of the molecule is Cn1ccc(OCc2c(C(=O)NO)cccc2C(F)F)n1. The van der Waals surface area contributed by atoms with Crippen molar-refractivity contribution < 1.29 is 23.5 Å². The van der Waals surface area contributed by atoms with E-state index in [0.29, 0.717) is 0 Å². The third-order valence-electron chi connectivity index (χ3n) is 2.85. The second kappa shape index (κ2) is 6.31. The first-order valence-corrected chi connectivity index (χ1v) is 5.99. The van der Waals surface area contributed by atoms with Crippen molar-refractivity contribution >= 4 is 5.91 Å². The van der Waals surface area contributed by atoms with Crippen molar-refractivity contribution in [2.24, 2.45) is 7.05 Å². The molecule has 0 saturated carbocycles. The Balaban J connectivity index is 2.32. The zero-order chi connectivity index (χ0) is 15.4. The Morgan fingerprint density at radius 3 is 2.81 bits per heavy atom. The van der Waals surface area contributed by atoms with Gasteiger partial charge in [0.15, 0.2) is 0 Å². The number of carbonyl (C=O) groups is 1. The molecule has 0 aliphatic heterocycles. The lowest BCUT2D eigenvalue weighted by molar-refractivity contribution is 0.0702. The Bertz CT molecular complexity index is 643. The van der Waals surface area contributed by atoms with Gasteiger partial charge < -0.3 is 4.74 Å². The summed E-state index contributed by atoms with van der Waals surface area (Å²) in [6, 6.07) is 5.41. The predicted octanol–water partition coefficient (Wildman–Crippen LogP) is 2.06. The molecule has 1 aromatic carbocycles. The van der Waals surface area contributed by atoms with Gasteiger partial charge in [-0.3, -0.25) is 14.7 Å². The van der Waals surface area contributed by atoms with Gasteiger partial charge >= 0.3 is 0 Å². The standard InChI is InChI=1S/C13H13F2N3O3/c1-18-6-5-11(16-18)21-7-10-8(12(14)15)3-2-4-9(10)13(19)17-20/h2-6,12,20H,7H2,1H3,(H,17,19). The van der Waals surface area contributed by atoms with E-state index in [0.717, 1.165) is 0 Å². The minimum absolute atomic E-state index is 0.00435. The highest BCUT2D eigenvalue weighted by molar-refractivity contribution is 5.95. The summed E-state index contributed by atoms with van der Waals surface area (Å²) in [5.41, 5.74) is 1.03. The van der Waals surface area contributed by atoms with E-state index in [1.807, 2.05) is 0 Å². The van der Waals surface area contributed by atoms with Crippen LogP contribution in [0.4, 0.5) is 8.78 Å². The van der Waals surface area contributed by atoms with Crippen LogP contribution in [0.5, 0.6) is 5.88 Å². The van der Waals surface area contributed by atoms with E-state index < -0.39 is 12.3 Å². The first kappa shape index (κ1) is 14.9. The minimum Gasteiger partial charge on any atom is -0.472 e. The number of aryl methyl sites for hydroxylation is 1. The molecule has 0 radical (unpaired) electrons. The van der Waals surface area contributed by atoms with E-state index >= 15 is 0 Å². The number of alkyl halides is 2. The van der Waals surface area contributed by atoms with Gasteiger partial charge in [-0.2, -0.15) is 0 Å². The van der Waals surface area contributed by atoms with Crippen LogP contribution in [0.2, 0.25) is 0 Å². The number of benzene rings is 1. The smallest absolute Gasteiger partial charge is 0.275 e. The first-order chi connectivity index (χ1) is 10.0. The third-order valence-corrected chi connectivity index (χ3v) is 2.85. The molecular formula is C13H13F2N3O3. The molecule has 1 heterocycles. The molecule has 0 spiro atoms. The quantitative estimate of drug-likeness (QED) is 0.654. The molecule has 6 nitrogen and oxygen atoms in total. The van der Waals surface area contributed by atoms with Gasteiger partial charge in [0, 0.05) is 36.0 Å². The average Bonchev–Trinajstić information content (AvgIpc) is 2.89. The Morgan fingerprint density at radius 2 is 2.24 bits per heavy atom. The highest BCUT2D eigenvalue weighted by atomic mass is 19.3. The van der Waals surface area contributed by atoms with Crippen LogP contribution in [0.3, 0.4) is 0 Å². The monoisotopic (exact) mass is 297 g/mol. The van der Waals surface area contributed by atoms with Gasteiger partial charge in [0.1, 0.15) is 6.61 Å². The van der Waals surface area contributed by atoms with Crippen LogP contribution in [-0.2, 0) is 13.7 Å². The van der Waals surface area contributed by atoms with Crippen LogP contribution >= 0.6 is 0 Å². The van der Waals surface area contributed by atoms with Gasteiger partial charge in [0.05, 0.1) is 0 Å². The maximum Gasteiger partial charge on any atom is 0.275 e. The summed E-state index contributed by atoms with van der Waals surface area (Å²) < 4.78 is 32.9. The molecule has 2 N–H and O–H groups in total. The molecule has 21 heavy (non-hydrogen) atoms. The molecule has 112 valence electrons. The molecule has 0 fully saturated rings. The second-order valence-electron chi connectivity index (χ2n) is 4.23. The number of nitrogens with one attached hydrogen (secondary N) is 1.